The Bertz CT molecular complexity index is 2310. The maximum Gasteiger partial charge on any atom is 0.255 e. The fourth-order valence-corrected chi connectivity index (χ4v) is 6.47. The molecule has 0 saturated carbocycles. The molecule has 3 aromatic carbocycles. The number of nitrogens with one attached hydrogen (secondary N) is 3. The number of amides is 2. The van der Waals surface area contributed by atoms with Crippen LogP contribution in [0.3, 0.4) is 0 Å². The van der Waals surface area contributed by atoms with Crippen LogP contribution >= 0.6 is 11.3 Å². The van der Waals surface area contributed by atoms with E-state index in [4.69, 9.17) is 4.98 Å². The second-order valence-electron chi connectivity index (χ2n) is 11.8. The van der Waals surface area contributed by atoms with Gasteiger partial charge in [0.1, 0.15) is 0 Å². The molecule has 2 amide bonds. The van der Waals surface area contributed by atoms with Gasteiger partial charge in [0.05, 0.1) is 22.8 Å². The predicted octanol–water partition coefficient (Wildman–Crippen LogP) is 6.21. The number of aliphatic hydroxyl groups excluding tert-OH is 1. The number of aryl methyl sites for hydroxylation is 1. The summed E-state index contributed by atoms with van der Waals surface area (Å²) in [5, 5.41) is 23.2. The van der Waals surface area contributed by atoms with Gasteiger partial charge in [-0.15, -0.1) is 11.3 Å². The fourth-order valence-electron chi connectivity index (χ4n) is 5.84. The summed E-state index contributed by atoms with van der Waals surface area (Å²) in [4.78, 5) is 49.1. The summed E-state index contributed by atoms with van der Waals surface area (Å²) < 4.78 is 1.85. The third-order valence-electron chi connectivity index (χ3n) is 8.42. The van der Waals surface area contributed by atoms with E-state index in [1.165, 1.54) is 11.3 Å². The summed E-state index contributed by atoms with van der Waals surface area (Å²) in [6.07, 6.45) is 5.58. The molecule has 0 fully saturated rings. The smallest absolute Gasteiger partial charge is 0.255 e. The van der Waals surface area contributed by atoms with Crippen LogP contribution < -0.4 is 16.0 Å². The van der Waals surface area contributed by atoms with Crippen LogP contribution in [0.25, 0.3) is 33.1 Å². The number of fused-ring (bicyclic) bond motifs is 1. The first-order valence-electron chi connectivity index (χ1n) is 16.2. The summed E-state index contributed by atoms with van der Waals surface area (Å²) in [7, 11) is 1.57. The zero-order valence-corrected chi connectivity index (χ0v) is 28.5. The normalized spacial score (nSPS) is 12.3. The number of carbonyl (C=O) groups excluding carboxylic acids is 2. The number of rotatable bonds is 11. The van der Waals surface area contributed by atoms with Gasteiger partial charge >= 0.3 is 0 Å². The van der Waals surface area contributed by atoms with Gasteiger partial charge in [-0.05, 0) is 73.0 Å². The van der Waals surface area contributed by atoms with Gasteiger partial charge in [0.15, 0.2) is 16.9 Å². The molecule has 4 aromatic heterocycles. The third kappa shape index (κ3) is 7.20. The number of imidazole rings is 1. The Hall–Kier alpha value is -6.31. The Morgan fingerprint density at radius 1 is 0.922 bits per heavy atom. The molecule has 254 valence electrons. The van der Waals surface area contributed by atoms with E-state index in [0.717, 1.165) is 16.7 Å². The average Bonchev–Trinajstić information content (AvgIpc) is 3.84. The molecule has 7 rings (SSSR count). The van der Waals surface area contributed by atoms with E-state index in [-0.39, 0.29) is 5.91 Å². The predicted molar refractivity (Wildman–Crippen MR) is 198 cm³/mol. The summed E-state index contributed by atoms with van der Waals surface area (Å²) in [6, 6.07) is 25.0. The zero-order chi connectivity index (χ0) is 35.3. The highest BCUT2D eigenvalue weighted by Gasteiger charge is 2.32. The molecule has 0 radical (unpaired) electrons. The first-order valence-corrected chi connectivity index (χ1v) is 17.0. The number of carbonyl (C=O) groups is 2. The summed E-state index contributed by atoms with van der Waals surface area (Å²) in [5.41, 5.74) is 6.17. The van der Waals surface area contributed by atoms with Crippen LogP contribution in [0.1, 0.15) is 27.5 Å². The van der Waals surface area contributed by atoms with Crippen LogP contribution in [0.5, 0.6) is 0 Å². The molecule has 0 aliphatic carbocycles. The Labute approximate surface area is 297 Å². The lowest BCUT2D eigenvalue weighted by atomic mass is 9.99. The van der Waals surface area contributed by atoms with Crippen LogP contribution in [0, 0.1) is 6.92 Å². The number of aromatic nitrogens is 6. The molecule has 0 saturated heterocycles. The second-order valence-corrected chi connectivity index (χ2v) is 12.7. The summed E-state index contributed by atoms with van der Waals surface area (Å²) >= 11 is 1.39. The highest BCUT2D eigenvalue weighted by molar-refractivity contribution is 7.13. The number of anilines is 3. The van der Waals surface area contributed by atoms with Crippen molar-refractivity contribution in [1.29, 1.82) is 0 Å². The van der Waals surface area contributed by atoms with Crippen molar-refractivity contribution in [1.82, 2.24) is 34.8 Å². The Morgan fingerprint density at radius 2 is 1.78 bits per heavy atom. The minimum Gasteiger partial charge on any atom is -0.381 e. The topological polar surface area (TPSA) is 160 Å². The maximum absolute atomic E-state index is 14.0. The van der Waals surface area contributed by atoms with Crippen LogP contribution in [0.4, 0.5) is 17.3 Å². The molecular weight excluding hydrogens is 663 g/mol. The number of benzene rings is 3. The lowest BCUT2D eigenvalue weighted by molar-refractivity contribution is -0.126. The van der Waals surface area contributed by atoms with Gasteiger partial charge in [0.2, 0.25) is 5.95 Å². The molecular formula is C38H33N9O3S. The molecule has 4 N–H and O–H groups in total. The number of hydrogen-bond acceptors (Lipinski definition) is 10. The number of hydrogen-bond donors (Lipinski definition) is 4. The maximum atomic E-state index is 14.0. The molecule has 7 aromatic rings. The van der Waals surface area contributed by atoms with E-state index in [9.17, 15) is 14.7 Å². The van der Waals surface area contributed by atoms with Gasteiger partial charge in [-0.1, -0.05) is 36.4 Å². The molecule has 12 nitrogen and oxygen atoms in total. The Balaban J connectivity index is 1.21. The lowest BCUT2D eigenvalue weighted by Gasteiger charge is -2.26. The van der Waals surface area contributed by atoms with Crippen LogP contribution in [-0.2, 0) is 11.2 Å². The number of pyridine rings is 1. The highest BCUT2D eigenvalue weighted by Crippen LogP contribution is 2.34. The van der Waals surface area contributed by atoms with Crippen molar-refractivity contribution in [2.75, 3.05) is 17.7 Å². The van der Waals surface area contributed by atoms with E-state index in [2.05, 4.69) is 35.9 Å². The van der Waals surface area contributed by atoms with E-state index >= 15 is 0 Å². The lowest BCUT2D eigenvalue weighted by Crippen LogP contribution is -2.37. The molecule has 2 unspecified atom stereocenters. The van der Waals surface area contributed by atoms with Crippen molar-refractivity contribution in [3.05, 3.63) is 132 Å². The van der Waals surface area contributed by atoms with Crippen molar-refractivity contribution in [3.63, 3.8) is 0 Å². The van der Waals surface area contributed by atoms with Gasteiger partial charge < -0.3 is 25.6 Å². The standard InChI is InChI=1S/C38H33N9O3S/c1-23-10-12-27(21-29(23)46-38-42-16-14-28(45-38)26-9-6-15-40-22-26)43-36(50)33(48)32(19-24-7-4-3-5-8-24)47-31-13-11-25(35(49)39-2)20-30(31)44-34(47)37-41-17-18-51-37/h3-18,20-22,32-33,48H,19H2,1-2H3,(H,39,49)(H,43,50)(H,42,45,46). The molecule has 2 atom stereocenters. The van der Waals surface area contributed by atoms with Crippen molar-refractivity contribution in [2.24, 2.45) is 0 Å². The van der Waals surface area contributed by atoms with Gasteiger partial charge in [0, 0.05) is 59.7 Å². The first-order chi connectivity index (χ1) is 24.9. The van der Waals surface area contributed by atoms with Crippen molar-refractivity contribution < 1.29 is 14.7 Å². The molecule has 0 aliphatic rings. The summed E-state index contributed by atoms with van der Waals surface area (Å²) in [5.74, 6) is 0.0148. The van der Waals surface area contributed by atoms with Gasteiger partial charge in [0.25, 0.3) is 11.8 Å². The first kappa shape index (κ1) is 33.2. The number of thiazole rings is 1. The Morgan fingerprint density at radius 3 is 2.55 bits per heavy atom. The summed E-state index contributed by atoms with van der Waals surface area (Å²) in [6.45, 7) is 1.93. The van der Waals surface area contributed by atoms with E-state index < -0.39 is 18.1 Å². The fraction of sp³-hybridized carbons (Fsp3) is 0.132. The molecule has 0 aliphatic heterocycles. The quantitative estimate of drug-likeness (QED) is 0.123. The van der Waals surface area contributed by atoms with E-state index in [1.54, 1.807) is 62.2 Å². The van der Waals surface area contributed by atoms with Crippen LogP contribution in [0.2, 0.25) is 0 Å². The molecule has 0 bridgehead atoms. The average molecular weight is 696 g/mol. The SMILES string of the molecule is CNC(=O)c1ccc2c(c1)nc(-c1nccs1)n2C(Cc1ccccc1)C(O)C(=O)Nc1ccc(C)c(Nc2nccc(-c3cccnc3)n2)c1. The highest BCUT2D eigenvalue weighted by atomic mass is 32.1. The number of nitrogens with zero attached hydrogens (tertiary/aromatic N) is 6. The zero-order valence-electron chi connectivity index (χ0n) is 27.7. The van der Waals surface area contributed by atoms with Gasteiger partial charge in [-0.25, -0.2) is 19.9 Å². The van der Waals surface area contributed by atoms with Crippen LogP contribution in [0.15, 0.2) is 115 Å². The molecule has 0 spiro atoms. The van der Waals surface area contributed by atoms with Crippen molar-refractivity contribution in [3.8, 4) is 22.1 Å². The minimum atomic E-state index is -1.52. The number of aliphatic hydroxyl groups is 1. The monoisotopic (exact) mass is 695 g/mol. The molecule has 13 heteroatoms. The molecule has 51 heavy (non-hydrogen) atoms. The van der Waals surface area contributed by atoms with Gasteiger partial charge in [-0.2, -0.15) is 0 Å². The van der Waals surface area contributed by atoms with Crippen LogP contribution in [-0.4, -0.2) is 59.6 Å². The van der Waals surface area contributed by atoms with E-state index in [1.807, 2.05) is 71.5 Å². The Kier molecular flexibility index (Phi) is 9.55. The third-order valence-corrected chi connectivity index (χ3v) is 9.19. The van der Waals surface area contributed by atoms with Crippen molar-refractivity contribution >= 4 is 51.5 Å². The van der Waals surface area contributed by atoms with E-state index in [0.29, 0.717) is 56.9 Å². The molecule has 4 heterocycles. The van der Waals surface area contributed by atoms with Gasteiger partial charge in [-0.3, -0.25) is 14.6 Å². The van der Waals surface area contributed by atoms with Crippen molar-refractivity contribution in [2.45, 2.75) is 25.5 Å². The minimum absolute atomic E-state index is 0.248. The largest absolute Gasteiger partial charge is 0.381 e. The second kappa shape index (κ2) is 14.7.